The summed E-state index contributed by atoms with van der Waals surface area (Å²) in [5.74, 6) is 0.100. The van der Waals surface area contributed by atoms with Crippen LogP contribution in [0.15, 0.2) is 24.3 Å². The van der Waals surface area contributed by atoms with Crippen LogP contribution >= 0.6 is 11.6 Å². The maximum absolute atomic E-state index is 12.5. The van der Waals surface area contributed by atoms with Gasteiger partial charge in [0.25, 0.3) is 0 Å². The van der Waals surface area contributed by atoms with Gasteiger partial charge in [-0.15, -0.1) is 0 Å². The molecule has 1 saturated carbocycles. The van der Waals surface area contributed by atoms with Crippen molar-refractivity contribution < 1.29 is 4.79 Å². The van der Waals surface area contributed by atoms with Gasteiger partial charge in [0.2, 0.25) is 5.91 Å². The third kappa shape index (κ3) is 2.48. The molecule has 1 aromatic carbocycles. The van der Waals surface area contributed by atoms with E-state index >= 15 is 0 Å². The van der Waals surface area contributed by atoms with Crippen molar-refractivity contribution >= 4 is 17.5 Å². The monoisotopic (exact) mass is 279 g/mol. The largest absolute Gasteiger partial charge is 0.339 e. The van der Waals surface area contributed by atoms with Gasteiger partial charge >= 0.3 is 0 Å². The van der Waals surface area contributed by atoms with E-state index in [2.05, 4.69) is 23.1 Å². The Kier molecular flexibility index (Phi) is 3.25. The second kappa shape index (κ2) is 4.78. The van der Waals surface area contributed by atoms with Gasteiger partial charge in [0.15, 0.2) is 0 Å². The Labute approximate surface area is 117 Å². The molecule has 1 heterocycles. The zero-order valence-corrected chi connectivity index (χ0v) is 11.6. The van der Waals surface area contributed by atoms with Crippen molar-refractivity contribution in [1.82, 2.24) is 16.2 Å². The molecule has 1 aromatic rings. The molecule has 1 aliphatic carbocycles. The van der Waals surface area contributed by atoms with Gasteiger partial charge in [0.1, 0.15) is 0 Å². The van der Waals surface area contributed by atoms with Crippen LogP contribution in [0.2, 0.25) is 5.02 Å². The number of amides is 1. The lowest BCUT2D eigenvalue weighted by Crippen LogP contribution is -2.48. The van der Waals surface area contributed by atoms with Gasteiger partial charge in [-0.3, -0.25) is 10.2 Å². The lowest BCUT2D eigenvalue weighted by atomic mass is 9.95. The normalized spacial score (nSPS) is 28.1. The molecule has 2 fully saturated rings. The molecule has 0 radical (unpaired) electrons. The van der Waals surface area contributed by atoms with E-state index in [1.165, 1.54) is 0 Å². The van der Waals surface area contributed by atoms with Crippen molar-refractivity contribution in [3.63, 3.8) is 0 Å². The third-order valence-electron chi connectivity index (χ3n) is 3.96. The van der Waals surface area contributed by atoms with Gasteiger partial charge in [-0.1, -0.05) is 23.7 Å². The first-order valence-electron chi connectivity index (χ1n) is 6.68. The van der Waals surface area contributed by atoms with Crippen molar-refractivity contribution in [2.45, 2.75) is 43.8 Å². The summed E-state index contributed by atoms with van der Waals surface area (Å²) in [7, 11) is 0. The van der Waals surface area contributed by atoms with Crippen molar-refractivity contribution in [1.29, 1.82) is 0 Å². The van der Waals surface area contributed by atoms with Crippen LogP contribution in [0.1, 0.15) is 31.7 Å². The number of nitrogens with one attached hydrogen (secondary N) is 3. The molecular weight excluding hydrogens is 262 g/mol. The third-order valence-corrected chi connectivity index (χ3v) is 4.20. The Morgan fingerprint density at radius 1 is 1.42 bits per heavy atom. The highest BCUT2D eigenvalue weighted by molar-refractivity contribution is 6.30. The number of hydrogen-bond acceptors (Lipinski definition) is 3. The van der Waals surface area contributed by atoms with E-state index in [4.69, 9.17) is 11.6 Å². The van der Waals surface area contributed by atoms with E-state index in [0.717, 1.165) is 24.8 Å². The van der Waals surface area contributed by atoms with Crippen LogP contribution < -0.4 is 16.2 Å². The molecule has 3 N–H and O–H groups in total. The van der Waals surface area contributed by atoms with E-state index in [0.29, 0.717) is 11.1 Å². The first-order valence-corrected chi connectivity index (χ1v) is 7.06. The number of halogens is 1. The Hall–Kier alpha value is -1.10. The van der Waals surface area contributed by atoms with Gasteiger partial charge in [-0.25, -0.2) is 5.43 Å². The fraction of sp³-hybridized carbons (Fsp3) is 0.500. The lowest BCUT2D eigenvalue weighted by molar-refractivity contribution is -0.124. The summed E-state index contributed by atoms with van der Waals surface area (Å²) in [6.45, 7) is 2.09. The highest BCUT2D eigenvalue weighted by atomic mass is 35.5. The van der Waals surface area contributed by atoms with Crippen LogP contribution in [-0.2, 0) is 10.2 Å². The van der Waals surface area contributed by atoms with Crippen LogP contribution in [0.4, 0.5) is 0 Å². The standard InChI is InChI=1S/C14H18ClN3O/c1-9-7-12(18-17-9)16-13(19)14(5-6-14)10-3-2-4-11(15)8-10/h2-4,8-9,12,17-18H,5-7H2,1H3,(H,16,19). The molecule has 19 heavy (non-hydrogen) atoms. The first-order chi connectivity index (χ1) is 9.10. The summed E-state index contributed by atoms with van der Waals surface area (Å²) < 4.78 is 0. The second-order valence-electron chi connectivity index (χ2n) is 5.54. The Morgan fingerprint density at radius 3 is 2.79 bits per heavy atom. The van der Waals surface area contributed by atoms with Gasteiger partial charge in [0.05, 0.1) is 11.6 Å². The predicted octanol–water partition coefficient (Wildman–Crippen LogP) is 1.70. The minimum absolute atomic E-state index is 0.0131. The van der Waals surface area contributed by atoms with E-state index in [1.807, 2.05) is 24.3 Å². The molecule has 3 rings (SSSR count). The van der Waals surface area contributed by atoms with Gasteiger partial charge in [-0.2, -0.15) is 0 Å². The molecule has 2 unspecified atom stereocenters. The van der Waals surface area contributed by atoms with Crippen LogP contribution in [-0.4, -0.2) is 18.1 Å². The maximum Gasteiger partial charge on any atom is 0.231 e. The molecule has 1 saturated heterocycles. The summed E-state index contributed by atoms with van der Waals surface area (Å²) >= 11 is 6.02. The molecule has 4 nitrogen and oxygen atoms in total. The molecule has 1 amide bonds. The molecule has 5 heteroatoms. The molecule has 0 aromatic heterocycles. The molecule has 0 spiro atoms. The quantitative estimate of drug-likeness (QED) is 0.789. The van der Waals surface area contributed by atoms with Crippen LogP contribution in [0.25, 0.3) is 0 Å². The Morgan fingerprint density at radius 2 is 2.21 bits per heavy atom. The first kappa shape index (κ1) is 12.9. The molecule has 2 atom stereocenters. The van der Waals surface area contributed by atoms with Crippen molar-refractivity contribution in [2.75, 3.05) is 0 Å². The van der Waals surface area contributed by atoms with E-state index in [-0.39, 0.29) is 17.5 Å². The molecule has 102 valence electrons. The number of hydrazine groups is 1. The topological polar surface area (TPSA) is 53.2 Å². The average Bonchev–Trinajstić information content (AvgIpc) is 3.09. The summed E-state index contributed by atoms with van der Waals surface area (Å²) in [5.41, 5.74) is 6.86. The summed E-state index contributed by atoms with van der Waals surface area (Å²) in [4.78, 5) is 12.5. The number of rotatable bonds is 3. The maximum atomic E-state index is 12.5. The zero-order valence-electron chi connectivity index (χ0n) is 10.9. The molecule has 0 bridgehead atoms. The van der Waals surface area contributed by atoms with E-state index in [9.17, 15) is 4.79 Å². The number of carbonyl (C=O) groups excluding carboxylic acids is 1. The van der Waals surface area contributed by atoms with Crippen LogP contribution in [0.3, 0.4) is 0 Å². The Balaban J connectivity index is 1.72. The molecule has 2 aliphatic rings. The SMILES string of the molecule is CC1CC(NC(=O)C2(c3cccc(Cl)c3)CC2)NN1. The number of carbonyl (C=O) groups is 1. The van der Waals surface area contributed by atoms with Crippen LogP contribution in [0.5, 0.6) is 0 Å². The average molecular weight is 280 g/mol. The number of benzene rings is 1. The lowest BCUT2D eigenvalue weighted by Gasteiger charge is -2.19. The minimum atomic E-state index is -0.363. The van der Waals surface area contributed by atoms with Crippen LogP contribution in [0, 0.1) is 0 Å². The highest BCUT2D eigenvalue weighted by Crippen LogP contribution is 2.48. The fourth-order valence-electron chi connectivity index (χ4n) is 2.66. The summed E-state index contributed by atoms with van der Waals surface area (Å²) in [6, 6.07) is 8.01. The fourth-order valence-corrected chi connectivity index (χ4v) is 2.85. The minimum Gasteiger partial charge on any atom is -0.339 e. The van der Waals surface area contributed by atoms with Crippen molar-refractivity contribution in [3.8, 4) is 0 Å². The van der Waals surface area contributed by atoms with E-state index in [1.54, 1.807) is 0 Å². The van der Waals surface area contributed by atoms with Gasteiger partial charge in [-0.05, 0) is 43.9 Å². The summed E-state index contributed by atoms with van der Waals surface area (Å²) in [5, 5.41) is 3.76. The predicted molar refractivity (Wildman–Crippen MR) is 74.6 cm³/mol. The van der Waals surface area contributed by atoms with Gasteiger partial charge in [0, 0.05) is 11.1 Å². The Bertz CT molecular complexity index is 501. The second-order valence-corrected chi connectivity index (χ2v) is 5.98. The highest BCUT2D eigenvalue weighted by Gasteiger charge is 2.51. The zero-order chi connectivity index (χ0) is 13.5. The summed E-state index contributed by atoms with van der Waals surface area (Å²) in [6.07, 6.45) is 2.71. The smallest absolute Gasteiger partial charge is 0.231 e. The van der Waals surface area contributed by atoms with Crippen molar-refractivity contribution in [3.05, 3.63) is 34.9 Å². The number of hydrogen-bond donors (Lipinski definition) is 3. The van der Waals surface area contributed by atoms with Gasteiger partial charge < -0.3 is 5.32 Å². The molecule has 1 aliphatic heterocycles. The molecular formula is C14H18ClN3O. The van der Waals surface area contributed by atoms with E-state index < -0.39 is 0 Å². The van der Waals surface area contributed by atoms with Crippen molar-refractivity contribution in [2.24, 2.45) is 0 Å².